The number of amides is 1. The van der Waals surface area contributed by atoms with Crippen LogP contribution in [-0.2, 0) is 13.5 Å². The Kier molecular flexibility index (Phi) is 5.07. The first kappa shape index (κ1) is 17.3. The van der Waals surface area contributed by atoms with Crippen LogP contribution >= 0.6 is 0 Å². The molecule has 0 radical (unpaired) electrons. The van der Waals surface area contributed by atoms with Crippen molar-refractivity contribution in [1.29, 1.82) is 0 Å². The number of piperidine rings is 1. The van der Waals surface area contributed by atoms with E-state index in [9.17, 15) is 4.79 Å². The second-order valence-electron chi connectivity index (χ2n) is 7.79. The van der Waals surface area contributed by atoms with Crippen molar-refractivity contribution in [2.45, 2.75) is 31.7 Å². The van der Waals surface area contributed by atoms with Gasteiger partial charge < -0.3 is 14.4 Å². The van der Waals surface area contributed by atoms with Crippen LogP contribution in [0.5, 0.6) is 0 Å². The number of hydrogen-bond donors (Lipinski definition) is 0. The van der Waals surface area contributed by atoms with Gasteiger partial charge in [-0.25, -0.2) is 4.98 Å². The maximum atomic E-state index is 13.0. The lowest BCUT2D eigenvalue weighted by molar-refractivity contribution is 0.0575. The molecule has 0 spiro atoms. The monoisotopic (exact) mass is 352 g/mol. The van der Waals surface area contributed by atoms with Crippen molar-refractivity contribution in [1.82, 2.24) is 19.4 Å². The van der Waals surface area contributed by atoms with Crippen molar-refractivity contribution in [3.05, 3.63) is 54.1 Å². The Morgan fingerprint density at radius 2 is 2.00 bits per heavy atom. The highest BCUT2D eigenvalue weighted by molar-refractivity contribution is 5.92. The quantitative estimate of drug-likeness (QED) is 0.831. The van der Waals surface area contributed by atoms with Crippen molar-refractivity contribution in [2.24, 2.45) is 13.0 Å². The largest absolute Gasteiger partial charge is 0.333 e. The molecule has 0 unspecified atom stereocenters. The number of benzene rings is 1. The molecule has 1 aromatic carbocycles. The molecule has 5 heteroatoms. The minimum atomic E-state index is 0.144. The molecular weight excluding hydrogens is 324 g/mol. The fourth-order valence-electron chi connectivity index (χ4n) is 4.47. The van der Waals surface area contributed by atoms with Crippen LogP contribution in [-0.4, -0.2) is 57.5 Å². The number of carbonyl (C=O) groups is 1. The Labute approximate surface area is 155 Å². The molecule has 0 saturated carbocycles. The molecule has 2 aromatic rings. The van der Waals surface area contributed by atoms with Gasteiger partial charge in [-0.05, 0) is 43.7 Å². The lowest BCUT2D eigenvalue weighted by Crippen LogP contribution is -2.47. The SMILES string of the molecule is Cn1cncc1C(=O)N1C[C@H]2CC[C@@H]1CN(CCCc1ccccc1)C2. The van der Waals surface area contributed by atoms with Gasteiger partial charge in [-0.3, -0.25) is 4.79 Å². The molecule has 1 aromatic heterocycles. The smallest absolute Gasteiger partial charge is 0.272 e. The molecular formula is C21H28N4O. The van der Waals surface area contributed by atoms with Gasteiger partial charge in [0.15, 0.2) is 0 Å². The first-order valence-electron chi connectivity index (χ1n) is 9.74. The molecule has 2 atom stereocenters. The van der Waals surface area contributed by atoms with E-state index in [4.69, 9.17) is 0 Å². The minimum Gasteiger partial charge on any atom is -0.333 e. The number of fused-ring (bicyclic) bond motifs is 4. The summed E-state index contributed by atoms with van der Waals surface area (Å²) in [6.45, 7) is 4.15. The fourth-order valence-corrected chi connectivity index (χ4v) is 4.47. The Morgan fingerprint density at radius 3 is 2.77 bits per heavy atom. The summed E-state index contributed by atoms with van der Waals surface area (Å²) in [5, 5.41) is 0. The topological polar surface area (TPSA) is 41.4 Å². The Balaban J connectivity index is 1.37. The highest BCUT2D eigenvalue weighted by atomic mass is 16.2. The average molecular weight is 352 g/mol. The molecule has 0 N–H and O–H groups in total. The number of carbonyl (C=O) groups excluding carboxylic acids is 1. The molecule has 138 valence electrons. The van der Waals surface area contributed by atoms with E-state index >= 15 is 0 Å². The third kappa shape index (κ3) is 3.68. The van der Waals surface area contributed by atoms with Crippen molar-refractivity contribution in [3.8, 4) is 0 Å². The number of imidazole rings is 1. The summed E-state index contributed by atoms with van der Waals surface area (Å²) in [4.78, 5) is 21.8. The number of aryl methyl sites for hydroxylation is 2. The van der Waals surface area contributed by atoms with E-state index in [2.05, 4.69) is 45.1 Å². The summed E-state index contributed by atoms with van der Waals surface area (Å²) < 4.78 is 1.83. The highest BCUT2D eigenvalue weighted by Crippen LogP contribution is 2.29. The lowest BCUT2D eigenvalue weighted by atomic mass is 9.95. The zero-order valence-electron chi connectivity index (χ0n) is 15.6. The van der Waals surface area contributed by atoms with E-state index in [1.54, 1.807) is 12.5 Å². The molecule has 0 aliphatic carbocycles. The van der Waals surface area contributed by atoms with Gasteiger partial charge in [-0.2, -0.15) is 0 Å². The van der Waals surface area contributed by atoms with Gasteiger partial charge in [0.25, 0.3) is 5.91 Å². The van der Waals surface area contributed by atoms with Crippen LogP contribution in [0, 0.1) is 5.92 Å². The molecule has 1 amide bonds. The molecule has 3 saturated heterocycles. The Morgan fingerprint density at radius 1 is 1.15 bits per heavy atom. The Hall–Kier alpha value is -2.14. The average Bonchev–Trinajstić information content (AvgIpc) is 2.89. The first-order chi connectivity index (χ1) is 12.7. The molecule has 26 heavy (non-hydrogen) atoms. The van der Waals surface area contributed by atoms with Gasteiger partial charge in [0.2, 0.25) is 0 Å². The first-order valence-corrected chi connectivity index (χ1v) is 9.74. The maximum absolute atomic E-state index is 13.0. The zero-order chi connectivity index (χ0) is 17.9. The Bertz CT molecular complexity index is 741. The van der Waals surface area contributed by atoms with E-state index in [-0.39, 0.29) is 5.91 Å². The van der Waals surface area contributed by atoms with Crippen LogP contribution < -0.4 is 0 Å². The lowest BCUT2D eigenvalue weighted by Gasteiger charge is -2.36. The van der Waals surface area contributed by atoms with Crippen LogP contribution in [0.15, 0.2) is 42.9 Å². The van der Waals surface area contributed by atoms with E-state index in [1.165, 1.54) is 18.4 Å². The van der Waals surface area contributed by atoms with E-state index in [0.717, 1.165) is 39.0 Å². The second kappa shape index (κ2) is 7.62. The maximum Gasteiger partial charge on any atom is 0.272 e. The van der Waals surface area contributed by atoms with E-state index < -0.39 is 0 Å². The van der Waals surface area contributed by atoms with Gasteiger partial charge >= 0.3 is 0 Å². The summed E-state index contributed by atoms with van der Waals surface area (Å²) >= 11 is 0. The highest BCUT2D eigenvalue weighted by Gasteiger charge is 2.37. The number of nitrogens with zero attached hydrogens (tertiary/aromatic N) is 4. The van der Waals surface area contributed by atoms with E-state index in [1.807, 2.05) is 11.6 Å². The summed E-state index contributed by atoms with van der Waals surface area (Å²) in [6.07, 6.45) is 8.08. The second-order valence-corrected chi connectivity index (χ2v) is 7.79. The molecule has 3 aliphatic rings. The number of rotatable bonds is 5. The summed E-state index contributed by atoms with van der Waals surface area (Å²) in [5.41, 5.74) is 2.12. The van der Waals surface area contributed by atoms with Crippen LogP contribution in [0.25, 0.3) is 0 Å². The van der Waals surface area contributed by atoms with Crippen molar-refractivity contribution in [3.63, 3.8) is 0 Å². The fraction of sp³-hybridized carbons (Fsp3) is 0.524. The summed E-state index contributed by atoms with van der Waals surface area (Å²) in [6, 6.07) is 11.1. The molecule has 5 rings (SSSR count). The third-order valence-corrected chi connectivity index (χ3v) is 5.87. The van der Waals surface area contributed by atoms with Crippen molar-refractivity contribution < 1.29 is 4.79 Å². The van der Waals surface area contributed by atoms with Crippen LogP contribution in [0.4, 0.5) is 0 Å². The van der Waals surface area contributed by atoms with Crippen LogP contribution in [0.1, 0.15) is 35.3 Å². The molecule has 3 fully saturated rings. The molecule has 3 aliphatic heterocycles. The number of aromatic nitrogens is 2. The van der Waals surface area contributed by atoms with Crippen LogP contribution in [0.2, 0.25) is 0 Å². The normalized spacial score (nSPS) is 23.2. The molecule has 2 bridgehead atoms. The molecule has 4 heterocycles. The van der Waals surface area contributed by atoms with Crippen molar-refractivity contribution in [2.75, 3.05) is 26.2 Å². The summed E-state index contributed by atoms with van der Waals surface area (Å²) in [5.74, 6) is 0.744. The van der Waals surface area contributed by atoms with Gasteiger partial charge in [0.05, 0.1) is 12.5 Å². The summed E-state index contributed by atoms with van der Waals surface area (Å²) in [7, 11) is 1.90. The van der Waals surface area contributed by atoms with Gasteiger partial charge in [-0.15, -0.1) is 0 Å². The zero-order valence-corrected chi connectivity index (χ0v) is 15.6. The molecule has 5 nitrogen and oxygen atoms in total. The minimum absolute atomic E-state index is 0.144. The predicted octanol–water partition coefficient (Wildman–Crippen LogP) is 2.59. The number of hydrogen-bond acceptors (Lipinski definition) is 3. The van der Waals surface area contributed by atoms with Gasteiger partial charge in [0, 0.05) is 32.7 Å². The van der Waals surface area contributed by atoms with Gasteiger partial charge in [0.1, 0.15) is 5.69 Å². The third-order valence-electron chi connectivity index (χ3n) is 5.87. The van der Waals surface area contributed by atoms with Crippen molar-refractivity contribution >= 4 is 5.91 Å². The van der Waals surface area contributed by atoms with E-state index in [0.29, 0.717) is 17.7 Å². The predicted molar refractivity (Wildman–Crippen MR) is 102 cm³/mol. The van der Waals surface area contributed by atoms with Crippen LogP contribution in [0.3, 0.4) is 0 Å². The standard InChI is InChI=1S/C21H28N4O/c1-23-16-22-12-20(23)21(26)25-14-18-9-10-19(25)15-24(13-18)11-5-8-17-6-3-2-4-7-17/h2-4,6-7,12,16,18-19H,5,8-11,13-15H2,1H3/t18-,19+/m0/s1. The van der Waals surface area contributed by atoms with Gasteiger partial charge in [-0.1, -0.05) is 30.3 Å².